The van der Waals surface area contributed by atoms with Crippen LogP contribution in [0.1, 0.15) is 23.4 Å². The number of rotatable bonds is 6. The molecule has 0 bridgehead atoms. The lowest BCUT2D eigenvalue weighted by atomic mass is 9.97. The normalized spacial score (nSPS) is 14.3. The highest BCUT2D eigenvalue weighted by atomic mass is 16.6. The molecular formula is C19H19N3O7. The first-order valence-corrected chi connectivity index (χ1v) is 8.98. The van der Waals surface area contributed by atoms with E-state index in [1.165, 1.54) is 24.5 Å². The van der Waals surface area contributed by atoms with Gasteiger partial charge in [0.2, 0.25) is 0 Å². The van der Waals surface area contributed by atoms with Gasteiger partial charge in [-0.25, -0.2) is 0 Å². The number of nitrogens with zero attached hydrogens (tertiary/aromatic N) is 2. The average molecular weight is 401 g/mol. The maximum atomic E-state index is 12.2. The maximum absolute atomic E-state index is 12.2. The quantitative estimate of drug-likeness (QED) is 0.446. The van der Waals surface area contributed by atoms with Gasteiger partial charge in [-0.3, -0.25) is 24.5 Å². The van der Waals surface area contributed by atoms with Crippen molar-refractivity contribution >= 4 is 29.2 Å². The highest BCUT2D eigenvalue weighted by molar-refractivity contribution is 5.95. The van der Waals surface area contributed by atoms with E-state index in [0.717, 1.165) is 0 Å². The third kappa shape index (κ3) is 4.98. The van der Waals surface area contributed by atoms with Crippen molar-refractivity contribution in [3.8, 4) is 0 Å². The van der Waals surface area contributed by atoms with Crippen molar-refractivity contribution in [2.75, 3.05) is 25.0 Å². The number of amides is 2. The zero-order valence-corrected chi connectivity index (χ0v) is 15.4. The van der Waals surface area contributed by atoms with Gasteiger partial charge in [-0.05, 0) is 31.0 Å². The molecule has 2 aromatic rings. The monoisotopic (exact) mass is 401 g/mol. The molecule has 0 saturated carbocycles. The van der Waals surface area contributed by atoms with Crippen LogP contribution in [0.5, 0.6) is 0 Å². The number of nitro groups is 1. The summed E-state index contributed by atoms with van der Waals surface area (Å²) in [6, 6.07) is 8.90. The Morgan fingerprint density at radius 2 is 1.90 bits per heavy atom. The number of anilines is 1. The molecular weight excluding hydrogens is 382 g/mol. The Balaban J connectivity index is 1.45. The highest BCUT2D eigenvalue weighted by Gasteiger charge is 2.30. The van der Waals surface area contributed by atoms with E-state index >= 15 is 0 Å². The smallest absolute Gasteiger partial charge is 0.309 e. The highest BCUT2D eigenvalue weighted by Crippen LogP contribution is 2.23. The molecule has 1 aromatic heterocycles. The van der Waals surface area contributed by atoms with Crippen molar-refractivity contribution in [3.63, 3.8) is 0 Å². The minimum absolute atomic E-state index is 0.0308. The number of carbonyl (C=O) groups is 3. The van der Waals surface area contributed by atoms with Gasteiger partial charge in [0.25, 0.3) is 17.5 Å². The van der Waals surface area contributed by atoms with E-state index in [9.17, 15) is 24.5 Å². The number of nitro benzene ring substituents is 1. The lowest BCUT2D eigenvalue weighted by Gasteiger charge is -2.30. The minimum atomic E-state index is -0.668. The number of para-hydroxylation sites is 2. The van der Waals surface area contributed by atoms with Crippen LogP contribution in [0.15, 0.2) is 47.1 Å². The molecule has 1 saturated heterocycles. The molecule has 1 aromatic carbocycles. The fourth-order valence-electron chi connectivity index (χ4n) is 3.05. The standard InChI is InChI=1S/C19H19N3O7/c23-17(20-14-4-1-2-5-15(14)22(26)27)12-29-19(25)13-7-9-21(10-8-13)18(24)16-6-3-11-28-16/h1-6,11,13H,7-10,12H2,(H,20,23). The van der Waals surface area contributed by atoms with Gasteiger partial charge in [-0.1, -0.05) is 12.1 Å². The molecule has 0 atom stereocenters. The molecule has 0 aliphatic carbocycles. The number of carbonyl (C=O) groups excluding carboxylic acids is 3. The fourth-order valence-corrected chi connectivity index (χ4v) is 3.05. The summed E-state index contributed by atoms with van der Waals surface area (Å²) in [5, 5.41) is 13.3. The number of likely N-dealkylation sites (tertiary alicyclic amines) is 1. The first-order chi connectivity index (χ1) is 14.0. The summed E-state index contributed by atoms with van der Waals surface area (Å²) in [5.74, 6) is -1.61. The first-order valence-electron chi connectivity index (χ1n) is 8.98. The number of furan rings is 1. The maximum Gasteiger partial charge on any atom is 0.309 e. The summed E-state index contributed by atoms with van der Waals surface area (Å²) in [4.78, 5) is 48.3. The fraction of sp³-hybridized carbons (Fsp3) is 0.316. The number of ether oxygens (including phenoxy) is 1. The second kappa shape index (κ2) is 9.00. The zero-order valence-electron chi connectivity index (χ0n) is 15.4. The summed E-state index contributed by atoms with van der Waals surface area (Å²) in [7, 11) is 0. The van der Waals surface area contributed by atoms with Gasteiger partial charge in [0.05, 0.1) is 17.1 Å². The predicted octanol–water partition coefficient (Wildman–Crippen LogP) is 2.22. The summed E-state index contributed by atoms with van der Waals surface area (Å²) in [5.41, 5.74) is -0.218. The van der Waals surface area contributed by atoms with Crippen LogP contribution in [-0.4, -0.2) is 47.3 Å². The van der Waals surface area contributed by atoms with Gasteiger partial charge < -0.3 is 19.4 Å². The van der Waals surface area contributed by atoms with Crippen molar-refractivity contribution in [3.05, 3.63) is 58.5 Å². The van der Waals surface area contributed by atoms with Gasteiger partial charge in [0.15, 0.2) is 12.4 Å². The van der Waals surface area contributed by atoms with Gasteiger partial charge >= 0.3 is 5.97 Å². The minimum Gasteiger partial charge on any atom is -0.459 e. The van der Waals surface area contributed by atoms with E-state index in [-0.39, 0.29) is 23.0 Å². The SMILES string of the molecule is O=C(COC(=O)C1CCN(C(=O)c2ccco2)CC1)Nc1ccccc1[N+](=O)[O-]. The Labute approximate surface area is 165 Å². The van der Waals surface area contributed by atoms with E-state index in [4.69, 9.17) is 9.15 Å². The van der Waals surface area contributed by atoms with Crippen LogP contribution in [0, 0.1) is 16.0 Å². The van der Waals surface area contributed by atoms with Crippen LogP contribution in [-0.2, 0) is 14.3 Å². The number of benzene rings is 1. The summed E-state index contributed by atoms with van der Waals surface area (Å²) in [6.07, 6.45) is 2.25. The van der Waals surface area contributed by atoms with Crippen molar-refractivity contribution < 1.29 is 28.5 Å². The number of piperidine rings is 1. The molecule has 1 N–H and O–H groups in total. The number of nitrogens with one attached hydrogen (secondary N) is 1. The van der Waals surface area contributed by atoms with Crippen LogP contribution in [0.4, 0.5) is 11.4 Å². The van der Waals surface area contributed by atoms with Crippen LogP contribution in [0.3, 0.4) is 0 Å². The van der Waals surface area contributed by atoms with Crippen LogP contribution in [0.2, 0.25) is 0 Å². The molecule has 1 aliphatic heterocycles. The molecule has 2 amide bonds. The Bertz CT molecular complexity index is 902. The molecule has 1 aliphatic rings. The van der Waals surface area contributed by atoms with Crippen molar-refractivity contribution in [2.24, 2.45) is 5.92 Å². The first kappa shape index (κ1) is 20.1. The van der Waals surface area contributed by atoms with Crippen molar-refractivity contribution in [2.45, 2.75) is 12.8 Å². The van der Waals surface area contributed by atoms with Crippen LogP contribution in [0.25, 0.3) is 0 Å². The molecule has 152 valence electrons. The third-order valence-corrected chi connectivity index (χ3v) is 4.57. The van der Waals surface area contributed by atoms with Gasteiger partial charge in [-0.15, -0.1) is 0 Å². The summed E-state index contributed by atoms with van der Waals surface area (Å²) in [6.45, 7) is 0.208. The lowest BCUT2D eigenvalue weighted by molar-refractivity contribution is -0.383. The number of esters is 1. The number of hydrogen-bond donors (Lipinski definition) is 1. The van der Waals surface area contributed by atoms with Crippen molar-refractivity contribution in [1.82, 2.24) is 4.90 Å². The molecule has 10 nitrogen and oxygen atoms in total. The van der Waals surface area contributed by atoms with Crippen LogP contribution >= 0.6 is 0 Å². The predicted molar refractivity (Wildman–Crippen MR) is 100 cm³/mol. The van der Waals surface area contributed by atoms with Gasteiger partial charge in [0.1, 0.15) is 5.69 Å². The summed E-state index contributed by atoms with van der Waals surface area (Å²) >= 11 is 0. The average Bonchev–Trinajstić information content (AvgIpc) is 3.27. The number of hydrogen-bond acceptors (Lipinski definition) is 7. The third-order valence-electron chi connectivity index (χ3n) is 4.57. The zero-order chi connectivity index (χ0) is 20.8. The largest absolute Gasteiger partial charge is 0.459 e. The lowest BCUT2D eigenvalue weighted by Crippen LogP contribution is -2.40. The molecule has 2 heterocycles. The van der Waals surface area contributed by atoms with Crippen molar-refractivity contribution in [1.29, 1.82) is 0 Å². The van der Waals surface area contributed by atoms with E-state index in [1.807, 2.05) is 0 Å². The Morgan fingerprint density at radius 1 is 1.17 bits per heavy atom. The molecule has 0 unspecified atom stereocenters. The second-order valence-electron chi connectivity index (χ2n) is 6.47. The molecule has 29 heavy (non-hydrogen) atoms. The molecule has 0 spiro atoms. The molecule has 10 heteroatoms. The van der Waals surface area contributed by atoms with E-state index < -0.39 is 29.3 Å². The Kier molecular flexibility index (Phi) is 6.22. The Hall–Kier alpha value is -3.69. The Morgan fingerprint density at radius 3 is 2.55 bits per heavy atom. The molecule has 3 rings (SSSR count). The molecule has 1 fully saturated rings. The van der Waals surface area contributed by atoms with Gasteiger partial charge in [-0.2, -0.15) is 0 Å². The van der Waals surface area contributed by atoms with E-state index in [0.29, 0.717) is 25.9 Å². The van der Waals surface area contributed by atoms with E-state index in [1.54, 1.807) is 23.1 Å². The van der Waals surface area contributed by atoms with E-state index in [2.05, 4.69) is 5.32 Å². The van der Waals surface area contributed by atoms with Gasteiger partial charge in [0, 0.05) is 19.2 Å². The van der Waals surface area contributed by atoms with Crippen LogP contribution < -0.4 is 5.32 Å². The molecule has 0 radical (unpaired) electrons. The topological polar surface area (TPSA) is 132 Å². The second-order valence-corrected chi connectivity index (χ2v) is 6.47. The summed E-state index contributed by atoms with van der Waals surface area (Å²) < 4.78 is 10.1.